The molecule has 10 heteroatoms. The van der Waals surface area contributed by atoms with Crippen LogP contribution in [0.4, 0.5) is 18.9 Å². The van der Waals surface area contributed by atoms with Crippen LogP contribution in [0.15, 0.2) is 6.20 Å². The van der Waals surface area contributed by atoms with Crippen LogP contribution < -0.4 is 4.74 Å². The third kappa shape index (κ3) is 3.41. The minimum Gasteiger partial charge on any atom is -0.460 e. The van der Waals surface area contributed by atoms with Crippen molar-refractivity contribution in [2.24, 2.45) is 0 Å². The molecule has 17 heavy (non-hydrogen) atoms. The van der Waals surface area contributed by atoms with Gasteiger partial charge in [0, 0.05) is 0 Å². The summed E-state index contributed by atoms with van der Waals surface area (Å²) in [6.45, 7) is 0.694. The van der Waals surface area contributed by atoms with Gasteiger partial charge in [-0.05, 0) is 18.5 Å². The second-order valence-electron chi connectivity index (χ2n) is 2.89. The van der Waals surface area contributed by atoms with Gasteiger partial charge < -0.3 is 4.74 Å². The van der Waals surface area contributed by atoms with Crippen LogP contribution in [-0.4, -0.2) is 27.2 Å². The molecule has 1 aromatic rings. The zero-order chi connectivity index (χ0) is 13.2. The maximum Gasteiger partial charge on any atom is 0.425 e. The zero-order valence-corrected chi connectivity index (χ0v) is 8.99. The maximum absolute atomic E-state index is 12.2. The first-order valence-electron chi connectivity index (χ1n) is 4.12. The van der Waals surface area contributed by atoms with E-state index in [0.717, 1.165) is 0 Å². The molecule has 0 N–H and O–H groups in total. The zero-order valence-electron chi connectivity index (χ0n) is 8.23. The van der Waals surface area contributed by atoms with E-state index >= 15 is 0 Å². The van der Waals surface area contributed by atoms with Gasteiger partial charge >= 0.3 is 11.9 Å². The Morgan fingerprint density at radius 3 is 2.65 bits per heavy atom. The number of ether oxygens (including phenoxy) is 1. The molecule has 0 saturated carbocycles. The van der Waals surface area contributed by atoms with Crippen LogP contribution in [-0.2, 0) is 0 Å². The van der Waals surface area contributed by atoms with E-state index in [1.54, 1.807) is 0 Å². The summed E-state index contributed by atoms with van der Waals surface area (Å²) in [5.74, 6) is -0.820. The highest BCUT2D eigenvalue weighted by atomic mass is 35.5. The molecule has 1 heterocycles. The number of hydrogen-bond acceptors (Lipinski definition) is 5. The molecular formula is C7H5ClF3N3O3. The van der Waals surface area contributed by atoms with Crippen LogP contribution in [0.2, 0.25) is 5.28 Å². The number of aromatic nitrogens is 2. The Morgan fingerprint density at radius 2 is 2.18 bits per heavy atom. The molecular weight excluding hydrogens is 267 g/mol. The quantitative estimate of drug-likeness (QED) is 0.479. The molecule has 6 nitrogen and oxygen atoms in total. The number of alkyl halides is 3. The Bertz CT molecular complexity index is 440. The molecule has 94 valence electrons. The van der Waals surface area contributed by atoms with Crippen LogP contribution in [0.3, 0.4) is 0 Å². The van der Waals surface area contributed by atoms with Gasteiger partial charge in [0.25, 0.3) is 5.88 Å². The molecule has 0 aromatic carbocycles. The first kappa shape index (κ1) is 13.4. The standard InChI is InChI=1S/C7H5ClF3N3O3/c1-3(7(9,10)11)17-5-4(14(15)16)2-12-6(8)13-5/h2-3H,1H3. The van der Waals surface area contributed by atoms with Gasteiger partial charge in [-0.1, -0.05) is 0 Å². The van der Waals surface area contributed by atoms with E-state index < -0.39 is 34.1 Å². The van der Waals surface area contributed by atoms with Gasteiger partial charge in [-0.15, -0.1) is 0 Å². The predicted octanol–water partition coefficient (Wildman–Crippen LogP) is 2.37. The van der Waals surface area contributed by atoms with Crippen molar-refractivity contribution in [1.82, 2.24) is 9.97 Å². The molecule has 0 bridgehead atoms. The molecule has 0 spiro atoms. The van der Waals surface area contributed by atoms with E-state index in [-0.39, 0.29) is 0 Å². The summed E-state index contributed by atoms with van der Waals surface area (Å²) in [5.41, 5.74) is -0.787. The number of nitro groups is 1. The molecule has 1 rings (SSSR count). The summed E-state index contributed by atoms with van der Waals surface area (Å²) >= 11 is 5.31. The third-order valence-corrected chi connectivity index (χ3v) is 1.83. The van der Waals surface area contributed by atoms with Crippen LogP contribution >= 0.6 is 11.6 Å². The second kappa shape index (κ2) is 4.70. The molecule has 0 aliphatic carbocycles. The minimum absolute atomic E-state index is 0.444. The number of rotatable bonds is 3. The lowest BCUT2D eigenvalue weighted by molar-refractivity contribution is -0.387. The maximum atomic E-state index is 12.2. The molecule has 1 aromatic heterocycles. The number of nitrogens with zero attached hydrogens (tertiary/aromatic N) is 3. The molecule has 1 atom stereocenters. The van der Waals surface area contributed by atoms with Gasteiger partial charge in [0.05, 0.1) is 4.92 Å². The fourth-order valence-electron chi connectivity index (χ4n) is 0.786. The van der Waals surface area contributed by atoms with Crippen LogP contribution in [0, 0.1) is 10.1 Å². The molecule has 1 unspecified atom stereocenters. The van der Waals surface area contributed by atoms with Crippen molar-refractivity contribution in [1.29, 1.82) is 0 Å². The van der Waals surface area contributed by atoms with Crippen LogP contribution in [0.5, 0.6) is 5.88 Å². The van der Waals surface area contributed by atoms with Crippen molar-refractivity contribution in [3.8, 4) is 5.88 Å². The fourth-order valence-corrected chi connectivity index (χ4v) is 0.911. The molecule has 0 fully saturated rings. The lowest BCUT2D eigenvalue weighted by Gasteiger charge is -2.16. The molecule has 0 radical (unpaired) electrons. The van der Waals surface area contributed by atoms with E-state index in [4.69, 9.17) is 11.6 Å². The highest BCUT2D eigenvalue weighted by Crippen LogP contribution is 2.29. The Morgan fingerprint density at radius 1 is 1.59 bits per heavy atom. The topological polar surface area (TPSA) is 78.2 Å². The van der Waals surface area contributed by atoms with Gasteiger partial charge in [-0.2, -0.15) is 18.2 Å². The van der Waals surface area contributed by atoms with Crippen molar-refractivity contribution in [2.75, 3.05) is 0 Å². The Kier molecular flexibility index (Phi) is 3.71. The lowest BCUT2D eigenvalue weighted by atomic mass is 10.4. The first-order valence-corrected chi connectivity index (χ1v) is 4.50. The highest BCUT2D eigenvalue weighted by molar-refractivity contribution is 6.28. The average molecular weight is 272 g/mol. The van der Waals surface area contributed by atoms with E-state index in [1.165, 1.54) is 0 Å². The van der Waals surface area contributed by atoms with Crippen LogP contribution in [0.1, 0.15) is 6.92 Å². The van der Waals surface area contributed by atoms with Gasteiger partial charge in [-0.25, -0.2) is 4.98 Å². The fraction of sp³-hybridized carbons (Fsp3) is 0.429. The van der Waals surface area contributed by atoms with Crippen molar-refractivity contribution >= 4 is 17.3 Å². The largest absolute Gasteiger partial charge is 0.460 e. The normalized spacial score (nSPS) is 13.2. The Hall–Kier alpha value is -1.64. The van der Waals surface area contributed by atoms with E-state index in [2.05, 4.69) is 14.7 Å². The van der Waals surface area contributed by atoms with Gasteiger partial charge in [0.2, 0.25) is 5.28 Å². The number of halogens is 4. The summed E-state index contributed by atoms with van der Waals surface area (Å²) in [6.07, 6.45) is -6.23. The smallest absolute Gasteiger partial charge is 0.425 e. The molecule has 0 saturated heterocycles. The Balaban J connectivity index is 3.04. The van der Waals surface area contributed by atoms with Crippen molar-refractivity contribution < 1.29 is 22.8 Å². The van der Waals surface area contributed by atoms with Crippen LogP contribution in [0.25, 0.3) is 0 Å². The molecule has 0 aliphatic heterocycles. The summed E-state index contributed by atoms with van der Waals surface area (Å²) in [4.78, 5) is 16.0. The highest BCUT2D eigenvalue weighted by Gasteiger charge is 2.39. The van der Waals surface area contributed by atoms with Gasteiger partial charge in [0.15, 0.2) is 6.10 Å². The molecule has 0 amide bonds. The first-order chi connectivity index (χ1) is 7.71. The minimum atomic E-state index is -4.66. The van der Waals surface area contributed by atoms with Gasteiger partial charge in [0.1, 0.15) is 6.20 Å². The summed E-state index contributed by atoms with van der Waals surface area (Å²) in [5, 5.41) is 10.0. The number of hydrogen-bond donors (Lipinski definition) is 0. The molecule has 0 aliphatic rings. The average Bonchev–Trinajstić information content (AvgIpc) is 2.15. The van der Waals surface area contributed by atoms with Crippen molar-refractivity contribution in [3.05, 3.63) is 21.6 Å². The van der Waals surface area contributed by atoms with Crippen molar-refractivity contribution in [2.45, 2.75) is 19.2 Å². The second-order valence-corrected chi connectivity index (χ2v) is 3.23. The van der Waals surface area contributed by atoms with E-state index in [1.807, 2.05) is 0 Å². The Labute approximate surface area is 97.5 Å². The van der Waals surface area contributed by atoms with Gasteiger partial charge in [-0.3, -0.25) is 10.1 Å². The summed E-state index contributed by atoms with van der Waals surface area (Å²) in [7, 11) is 0. The van der Waals surface area contributed by atoms with E-state index in [9.17, 15) is 23.3 Å². The lowest BCUT2D eigenvalue weighted by Crippen LogP contribution is -2.31. The SMILES string of the molecule is CC(Oc1nc(Cl)ncc1[N+](=O)[O-])C(F)(F)F. The summed E-state index contributed by atoms with van der Waals surface area (Å²) < 4.78 is 40.9. The van der Waals surface area contributed by atoms with Crippen molar-refractivity contribution in [3.63, 3.8) is 0 Å². The predicted molar refractivity (Wildman–Crippen MR) is 49.8 cm³/mol. The third-order valence-electron chi connectivity index (χ3n) is 1.65. The monoisotopic (exact) mass is 271 g/mol. The van der Waals surface area contributed by atoms with E-state index in [0.29, 0.717) is 13.1 Å². The summed E-state index contributed by atoms with van der Waals surface area (Å²) in [6, 6.07) is 0.